The lowest BCUT2D eigenvalue weighted by molar-refractivity contribution is -0.0342. The van der Waals surface area contributed by atoms with Crippen LogP contribution in [0.3, 0.4) is 0 Å². The smallest absolute Gasteiger partial charge is 0.252 e. The third-order valence-electron chi connectivity index (χ3n) is 6.20. The van der Waals surface area contributed by atoms with Crippen LogP contribution in [0.5, 0.6) is 0 Å². The number of carbonyl (C=O) groups excluding carboxylic acids is 1. The predicted molar refractivity (Wildman–Crippen MR) is 140 cm³/mol. The lowest BCUT2D eigenvalue weighted by atomic mass is 9.97. The molecule has 37 heavy (non-hydrogen) atoms. The number of methoxy groups -OCH3 is 2. The first-order chi connectivity index (χ1) is 18.0. The van der Waals surface area contributed by atoms with Gasteiger partial charge in [0.1, 0.15) is 18.0 Å². The maximum atomic E-state index is 13.7. The maximum Gasteiger partial charge on any atom is 0.252 e. The SMILES string of the molecule is COC(c1ccccn1)[C@@H](NC(=O)c1cccc(Cl)c1C1=NCC(c2ccc(F)cc2)=C1)[C@@H](CO)OC. The van der Waals surface area contributed by atoms with Gasteiger partial charge in [-0.15, -0.1) is 0 Å². The summed E-state index contributed by atoms with van der Waals surface area (Å²) >= 11 is 6.57. The van der Waals surface area contributed by atoms with E-state index in [1.54, 1.807) is 48.7 Å². The van der Waals surface area contributed by atoms with Crippen molar-refractivity contribution in [2.45, 2.75) is 18.2 Å². The third kappa shape index (κ3) is 5.94. The van der Waals surface area contributed by atoms with Crippen molar-refractivity contribution in [2.75, 3.05) is 27.4 Å². The topological polar surface area (TPSA) is 93.0 Å². The van der Waals surface area contributed by atoms with E-state index in [0.29, 0.717) is 34.1 Å². The zero-order valence-corrected chi connectivity index (χ0v) is 21.2. The quantitative estimate of drug-likeness (QED) is 0.414. The number of allylic oxidation sites excluding steroid dienone is 1. The molecule has 1 aliphatic heterocycles. The van der Waals surface area contributed by atoms with E-state index in [4.69, 9.17) is 21.1 Å². The summed E-state index contributed by atoms with van der Waals surface area (Å²) in [6.07, 6.45) is 2.01. The number of rotatable bonds is 10. The van der Waals surface area contributed by atoms with Gasteiger partial charge in [0.25, 0.3) is 5.91 Å². The molecular weight excluding hydrogens is 497 g/mol. The summed E-state index contributed by atoms with van der Waals surface area (Å²) in [6, 6.07) is 15.8. The van der Waals surface area contributed by atoms with Crippen molar-refractivity contribution in [1.82, 2.24) is 10.3 Å². The molecule has 4 rings (SSSR count). The first-order valence-corrected chi connectivity index (χ1v) is 12.0. The van der Waals surface area contributed by atoms with Gasteiger partial charge in [-0.25, -0.2) is 4.39 Å². The fraction of sp³-hybridized carbons (Fsp3) is 0.250. The van der Waals surface area contributed by atoms with Gasteiger partial charge in [0, 0.05) is 26.0 Å². The van der Waals surface area contributed by atoms with Crippen molar-refractivity contribution in [1.29, 1.82) is 0 Å². The highest BCUT2D eigenvalue weighted by Crippen LogP contribution is 2.29. The largest absolute Gasteiger partial charge is 0.394 e. The molecule has 9 heteroatoms. The summed E-state index contributed by atoms with van der Waals surface area (Å²) in [5, 5.41) is 13.3. The molecule has 0 spiro atoms. The Labute approximate surface area is 219 Å². The minimum atomic E-state index is -0.773. The van der Waals surface area contributed by atoms with Crippen LogP contribution in [0.2, 0.25) is 5.02 Å². The number of pyridine rings is 1. The molecule has 2 N–H and O–H groups in total. The number of aromatic nitrogens is 1. The summed E-state index contributed by atoms with van der Waals surface area (Å²) in [7, 11) is 2.95. The number of nitrogens with one attached hydrogen (secondary N) is 1. The Morgan fingerprint density at radius 1 is 1.11 bits per heavy atom. The molecule has 1 aliphatic rings. The molecule has 1 aromatic heterocycles. The monoisotopic (exact) mass is 523 g/mol. The molecule has 192 valence electrons. The third-order valence-corrected chi connectivity index (χ3v) is 6.52. The second-order valence-electron chi connectivity index (χ2n) is 8.41. The average Bonchev–Trinajstić information content (AvgIpc) is 3.40. The van der Waals surface area contributed by atoms with Gasteiger partial charge in [0.2, 0.25) is 0 Å². The Hall–Kier alpha value is -3.43. The molecule has 0 radical (unpaired) electrons. The molecule has 2 heterocycles. The Balaban J connectivity index is 1.67. The van der Waals surface area contributed by atoms with Gasteiger partial charge >= 0.3 is 0 Å². The van der Waals surface area contributed by atoms with Crippen LogP contribution in [0.15, 0.2) is 77.9 Å². The molecule has 0 aliphatic carbocycles. The normalized spacial score (nSPS) is 15.5. The first-order valence-electron chi connectivity index (χ1n) is 11.6. The van der Waals surface area contributed by atoms with Gasteiger partial charge in [-0.1, -0.05) is 35.9 Å². The van der Waals surface area contributed by atoms with E-state index < -0.39 is 24.2 Å². The molecule has 3 aromatic rings. The number of carbonyl (C=O) groups is 1. The van der Waals surface area contributed by atoms with Crippen molar-refractivity contribution in [2.24, 2.45) is 4.99 Å². The van der Waals surface area contributed by atoms with Gasteiger partial charge in [0.15, 0.2) is 0 Å². The lowest BCUT2D eigenvalue weighted by Gasteiger charge is -2.31. The number of aliphatic imine (C=N–C) groups is 1. The van der Waals surface area contributed by atoms with E-state index >= 15 is 0 Å². The number of amides is 1. The Bertz CT molecular complexity index is 1290. The van der Waals surface area contributed by atoms with E-state index in [9.17, 15) is 14.3 Å². The van der Waals surface area contributed by atoms with E-state index in [2.05, 4.69) is 15.3 Å². The van der Waals surface area contributed by atoms with Crippen molar-refractivity contribution < 1.29 is 23.8 Å². The van der Waals surface area contributed by atoms with Crippen LogP contribution in [0, 0.1) is 5.82 Å². The first kappa shape index (κ1) is 26.6. The number of hydrogen-bond acceptors (Lipinski definition) is 6. The van der Waals surface area contributed by atoms with Crippen LogP contribution in [-0.2, 0) is 9.47 Å². The van der Waals surface area contributed by atoms with Crippen LogP contribution in [0.1, 0.15) is 33.3 Å². The Morgan fingerprint density at radius 3 is 2.54 bits per heavy atom. The van der Waals surface area contributed by atoms with Gasteiger partial charge in [-0.2, -0.15) is 0 Å². The van der Waals surface area contributed by atoms with E-state index in [1.807, 2.05) is 12.1 Å². The maximum absolute atomic E-state index is 13.7. The molecule has 2 aromatic carbocycles. The van der Waals surface area contributed by atoms with Crippen LogP contribution >= 0.6 is 11.6 Å². The second-order valence-corrected chi connectivity index (χ2v) is 8.81. The predicted octanol–water partition coefficient (Wildman–Crippen LogP) is 4.25. The Morgan fingerprint density at radius 2 is 1.89 bits per heavy atom. The summed E-state index contributed by atoms with van der Waals surface area (Å²) in [4.78, 5) is 22.6. The molecule has 1 amide bonds. The molecule has 0 bridgehead atoms. The number of aliphatic hydroxyl groups is 1. The number of hydrogen-bond donors (Lipinski definition) is 2. The minimum Gasteiger partial charge on any atom is -0.394 e. The zero-order chi connectivity index (χ0) is 26.4. The van der Waals surface area contributed by atoms with Crippen molar-refractivity contribution in [3.63, 3.8) is 0 Å². The van der Waals surface area contributed by atoms with Crippen molar-refractivity contribution in [3.05, 3.63) is 106 Å². The summed E-state index contributed by atoms with van der Waals surface area (Å²) in [5.74, 6) is -0.761. The molecule has 0 fully saturated rings. The number of nitrogens with zero attached hydrogens (tertiary/aromatic N) is 2. The molecule has 0 saturated heterocycles. The molecular formula is C28H27ClFN3O4. The highest BCUT2D eigenvalue weighted by molar-refractivity contribution is 6.37. The summed E-state index contributed by atoms with van der Waals surface area (Å²) in [6.45, 7) is 0.0184. The summed E-state index contributed by atoms with van der Waals surface area (Å²) in [5.41, 5.74) is 3.61. The van der Waals surface area contributed by atoms with E-state index in [0.717, 1.165) is 11.1 Å². The number of benzene rings is 2. The second kappa shape index (κ2) is 12.2. The van der Waals surface area contributed by atoms with Crippen LogP contribution < -0.4 is 5.32 Å². The van der Waals surface area contributed by atoms with Gasteiger partial charge in [0.05, 0.1) is 41.2 Å². The standard InChI is InChI=1S/C28H27ClFN3O4/c1-36-24(16-34)26(27(37-2)22-8-3-4-13-31-22)33-28(35)20-6-5-7-21(29)25(20)23-14-18(15-32-23)17-9-11-19(30)12-10-17/h3-14,24,26-27,34H,15-16H2,1-2H3,(H,33,35)/t24-,26+,27?/m1/s1. The molecule has 3 atom stereocenters. The number of aliphatic hydroxyl groups excluding tert-OH is 1. The fourth-order valence-electron chi connectivity index (χ4n) is 4.31. The van der Waals surface area contributed by atoms with Crippen LogP contribution in [0.4, 0.5) is 4.39 Å². The van der Waals surface area contributed by atoms with E-state index in [1.165, 1.54) is 26.4 Å². The van der Waals surface area contributed by atoms with E-state index in [-0.39, 0.29) is 12.4 Å². The fourth-order valence-corrected chi connectivity index (χ4v) is 4.58. The number of halogens is 2. The highest BCUT2D eigenvalue weighted by Gasteiger charge is 2.34. The molecule has 0 saturated carbocycles. The lowest BCUT2D eigenvalue weighted by Crippen LogP contribution is -2.50. The van der Waals surface area contributed by atoms with Gasteiger partial charge in [-0.05, 0) is 53.6 Å². The van der Waals surface area contributed by atoms with Gasteiger partial charge in [-0.3, -0.25) is 14.8 Å². The minimum absolute atomic E-state index is 0.302. The molecule has 7 nitrogen and oxygen atoms in total. The van der Waals surface area contributed by atoms with Crippen molar-refractivity contribution >= 4 is 28.8 Å². The summed E-state index contributed by atoms with van der Waals surface area (Å²) < 4.78 is 24.5. The van der Waals surface area contributed by atoms with Crippen molar-refractivity contribution in [3.8, 4) is 0 Å². The Kier molecular flexibility index (Phi) is 8.78. The zero-order valence-electron chi connectivity index (χ0n) is 20.4. The molecule has 1 unspecified atom stereocenters. The van der Waals surface area contributed by atoms with Crippen LogP contribution in [0.25, 0.3) is 5.57 Å². The van der Waals surface area contributed by atoms with Crippen LogP contribution in [-0.4, -0.2) is 61.2 Å². The highest BCUT2D eigenvalue weighted by atomic mass is 35.5. The number of ether oxygens (including phenoxy) is 2. The van der Waals surface area contributed by atoms with Gasteiger partial charge < -0.3 is 19.9 Å². The average molecular weight is 524 g/mol.